The molecule has 1 rings (SSSR count). The summed E-state index contributed by atoms with van der Waals surface area (Å²) in [5, 5.41) is 0. The van der Waals surface area contributed by atoms with E-state index in [4.69, 9.17) is 10.5 Å². The first-order valence-electron chi connectivity index (χ1n) is 6.83. The second-order valence-corrected chi connectivity index (χ2v) is 4.95. The van der Waals surface area contributed by atoms with Crippen LogP contribution in [0.1, 0.15) is 25.7 Å². The van der Waals surface area contributed by atoms with Crippen molar-refractivity contribution in [2.45, 2.75) is 25.7 Å². The van der Waals surface area contributed by atoms with Gasteiger partial charge in [-0.3, -0.25) is 4.79 Å². The summed E-state index contributed by atoms with van der Waals surface area (Å²) < 4.78 is 5.06. The number of hydrogen-bond donors (Lipinski definition) is 1. The van der Waals surface area contributed by atoms with E-state index in [1.807, 2.05) is 4.90 Å². The SMILES string of the molecule is C=CCN(CCOC)C(=O)C1CCCCC1CN. The Bertz CT molecular complexity index is 269. The van der Waals surface area contributed by atoms with E-state index in [1.54, 1.807) is 13.2 Å². The average molecular weight is 254 g/mol. The lowest BCUT2D eigenvalue weighted by molar-refractivity contribution is -0.138. The lowest BCUT2D eigenvalue weighted by Gasteiger charge is -2.33. The summed E-state index contributed by atoms with van der Waals surface area (Å²) in [6.45, 7) is 6.13. The highest BCUT2D eigenvalue weighted by Crippen LogP contribution is 2.30. The largest absolute Gasteiger partial charge is 0.383 e. The van der Waals surface area contributed by atoms with Crippen LogP contribution in [0.5, 0.6) is 0 Å². The number of hydrogen-bond acceptors (Lipinski definition) is 3. The van der Waals surface area contributed by atoms with Crippen LogP contribution in [0.4, 0.5) is 0 Å². The standard InChI is InChI=1S/C14H26N2O2/c1-3-8-16(9-10-18-2)14(17)13-7-5-4-6-12(13)11-15/h3,12-13H,1,4-11,15H2,2H3. The number of carbonyl (C=O) groups is 1. The fraction of sp³-hybridized carbons (Fsp3) is 0.786. The maximum atomic E-state index is 12.5. The number of nitrogens with zero attached hydrogens (tertiary/aromatic N) is 1. The Kier molecular flexibility index (Phi) is 6.98. The van der Waals surface area contributed by atoms with Crippen molar-refractivity contribution >= 4 is 5.91 Å². The van der Waals surface area contributed by atoms with Crippen LogP contribution in [0, 0.1) is 11.8 Å². The Morgan fingerprint density at radius 3 is 2.83 bits per heavy atom. The van der Waals surface area contributed by atoms with Crippen LogP contribution < -0.4 is 5.73 Å². The molecule has 0 saturated heterocycles. The third kappa shape index (κ3) is 4.10. The van der Waals surface area contributed by atoms with Gasteiger partial charge in [0.1, 0.15) is 0 Å². The summed E-state index contributed by atoms with van der Waals surface area (Å²) >= 11 is 0. The number of amides is 1. The number of rotatable bonds is 7. The molecule has 18 heavy (non-hydrogen) atoms. The monoisotopic (exact) mass is 254 g/mol. The van der Waals surface area contributed by atoms with Crippen molar-refractivity contribution in [1.82, 2.24) is 4.90 Å². The molecule has 1 amide bonds. The molecule has 2 N–H and O–H groups in total. The Balaban J connectivity index is 2.63. The molecule has 0 aromatic heterocycles. The van der Waals surface area contributed by atoms with E-state index in [1.165, 1.54) is 6.42 Å². The third-order valence-electron chi connectivity index (χ3n) is 3.76. The number of ether oxygens (including phenoxy) is 1. The van der Waals surface area contributed by atoms with Crippen molar-refractivity contribution in [2.24, 2.45) is 17.6 Å². The first kappa shape index (κ1) is 15.2. The summed E-state index contributed by atoms with van der Waals surface area (Å²) in [7, 11) is 1.65. The normalized spacial score (nSPS) is 23.7. The highest BCUT2D eigenvalue weighted by Gasteiger charge is 2.32. The molecule has 0 heterocycles. The van der Waals surface area contributed by atoms with Gasteiger partial charge in [0.25, 0.3) is 0 Å². The highest BCUT2D eigenvalue weighted by molar-refractivity contribution is 5.79. The van der Waals surface area contributed by atoms with E-state index in [9.17, 15) is 4.79 Å². The van der Waals surface area contributed by atoms with Gasteiger partial charge in [-0.25, -0.2) is 0 Å². The van der Waals surface area contributed by atoms with Crippen molar-refractivity contribution in [3.8, 4) is 0 Å². The Labute approximate surface area is 110 Å². The van der Waals surface area contributed by atoms with Crippen LogP contribution >= 0.6 is 0 Å². The Morgan fingerprint density at radius 2 is 2.22 bits per heavy atom. The zero-order valence-corrected chi connectivity index (χ0v) is 11.4. The average Bonchev–Trinajstić information content (AvgIpc) is 2.42. The molecule has 0 aromatic rings. The second kappa shape index (κ2) is 8.27. The van der Waals surface area contributed by atoms with Gasteiger partial charge in [-0.15, -0.1) is 6.58 Å². The third-order valence-corrected chi connectivity index (χ3v) is 3.76. The van der Waals surface area contributed by atoms with Crippen LogP contribution in [0.25, 0.3) is 0 Å². The summed E-state index contributed by atoms with van der Waals surface area (Å²) in [4.78, 5) is 14.4. The van der Waals surface area contributed by atoms with E-state index in [0.29, 0.717) is 32.2 Å². The van der Waals surface area contributed by atoms with Gasteiger partial charge in [-0.1, -0.05) is 18.9 Å². The van der Waals surface area contributed by atoms with E-state index in [0.717, 1.165) is 19.3 Å². The molecule has 0 aliphatic heterocycles. The fourth-order valence-electron chi connectivity index (χ4n) is 2.70. The van der Waals surface area contributed by atoms with E-state index < -0.39 is 0 Å². The van der Waals surface area contributed by atoms with Gasteiger partial charge >= 0.3 is 0 Å². The van der Waals surface area contributed by atoms with Gasteiger partial charge in [0, 0.05) is 26.1 Å². The lowest BCUT2D eigenvalue weighted by Crippen LogP contribution is -2.43. The Morgan fingerprint density at radius 1 is 1.50 bits per heavy atom. The van der Waals surface area contributed by atoms with Gasteiger partial charge in [-0.2, -0.15) is 0 Å². The molecule has 0 aromatic carbocycles. The molecule has 0 spiro atoms. The number of nitrogens with two attached hydrogens (primary N) is 1. The summed E-state index contributed by atoms with van der Waals surface area (Å²) in [5.41, 5.74) is 5.79. The second-order valence-electron chi connectivity index (χ2n) is 4.95. The molecule has 0 bridgehead atoms. The minimum absolute atomic E-state index is 0.0977. The van der Waals surface area contributed by atoms with Crippen LogP contribution in [-0.2, 0) is 9.53 Å². The van der Waals surface area contributed by atoms with Gasteiger partial charge in [0.15, 0.2) is 0 Å². The van der Waals surface area contributed by atoms with Crippen molar-refractivity contribution in [3.63, 3.8) is 0 Å². The maximum Gasteiger partial charge on any atom is 0.226 e. The zero-order chi connectivity index (χ0) is 13.4. The summed E-state index contributed by atoms with van der Waals surface area (Å²) in [6.07, 6.45) is 6.17. The highest BCUT2D eigenvalue weighted by atomic mass is 16.5. The van der Waals surface area contributed by atoms with Gasteiger partial charge in [0.05, 0.1) is 6.61 Å². The first-order valence-corrected chi connectivity index (χ1v) is 6.83. The smallest absolute Gasteiger partial charge is 0.226 e. The minimum atomic E-state index is 0.0977. The van der Waals surface area contributed by atoms with Gasteiger partial charge < -0.3 is 15.4 Å². The van der Waals surface area contributed by atoms with Crippen LogP contribution in [0.3, 0.4) is 0 Å². The predicted octanol–water partition coefficient (Wildman–Crippen LogP) is 1.41. The van der Waals surface area contributed by atoms with Crippen LogP contribution in [0.15, 0.2) is 12.7 Å². The van der Waals surface area contributed by atoms with Crippen LogP contribution in [0.2, 0.25) is 0 Å². The molecule has 1 aliphatic carbocycles. The van der Waals surface area contributed by atoms with E-state index in [2.05, 4.69) is 6.58 Å². The molecular weight excluding hydrogens is 228 g/mol. The topological polar surface area (TPSA) is 55.6 Å². The quantitative estimate of drug-likeness (QED) is 0.699. The van der Waals surface area contributed by atoms with Gasteiger partial charge in [0.2, 0.25) is 5.91 Å². The number of methoxy groups -OCH3 is 1. The maximum absolute atomic E-state index is 12.5. The van der Waals surface area contributed by atoms with Crippen molar-refractivity contribution in [1.29, 1.82) is 0 Å². The summed E-state index contributed by atoms with van der Waals surface area (Å²) in [6, 6.07) is 0. The van der Waals surface area contributed by atoms with Crippen molar-refractivity contribution < 1.29 is 9.53 Å². The van der Waals surface area contributed by atoms with E-state index in [-0.39, 0.29) is 11.8 Å². The molecule has 2 atom stereocenters. The van der Waals surface area contributed by atoms with E-state index >= 15 is 0 Å². The molecular formula is C14H26N2O2. The van der Waals surface area contributed by atoms with Crippen LogP contribution in [-0.4, -0.2) is 44.2 Å². The molecule has 104 valence electrons. The number of carbonyl (C=O) groups excluding carboxylic acids is 1. The molecule has 1 aliphatic rings. The lowest BCUT2D eigenvalue weighted by atomic mass is 9.78. The zero-order valence-electron chi connectivity index (χ0n) is 11.4. The molecule has 1 saturated carbocycles. The fourth-order valence-corrected chi connectivity index (χ4v) is 2.70. The molecule has 4 nitrogen and oxygen atoms in total. The Hall–Kier alpha value is -0.870. The van der Waals surface area contributed by atoms with Crippen molar-refractivity contribution in [2.75, 3.05) is 33.4 Å². The first-order chi connectivity index (χ1) is 8.74. The predicted molar refractivity (Wildman–Crippen MR) is 73.2 cm³/mol. The molecule has 2 unspecified atom stereocenters. The molecule has 4 heteroatoms. The van der Waals surface area contributed by atoms with Crippen molar-refractivity contribution in [3.05, 3.63) is 12.7 Å². The van der Waals surface area contributed by atoms with Gasteiger partial charge in [-0.05, 0) is 25.3 Å². The molecule has 1 fully saturated rings. The summed E-state index contributed by atoms with van der Waals surface area (Å²) in [5.74, 6) is 0.670. The molecule has 0 radical (unpaired) electrons. The minimum Gasteiger partial charge on any atom is -0.383 e.